The molecule has 0 aliphatic carbocycles. The average molecular weight is 202 g/mol. The Balaban J connectivity index is 2.16. The number of fused-ring (bicyclic) bond motifs is 1. The van der Waals surface area contributed by atoms with E-state index in [9.17, 15) is 0 Å². The van der Waals surface area contributed by atoms with Gasteiger partial charge < -0.3 is 10.7 Å². The second-order valence-corrected chi connectivity index (χ2v) is 4.87. The molecule has 0 aliphatic heterocycles. The Hall–Kier alpha value is -1.28. The van der Waals surface area contributed by atoms with Gasteiger partial charge >= 0.3 is 0 Å². The summed E-state index contributed by atoms with van der Waals surface area (Å²) in [4.78, 5) is 3.41. The maximum Gasteiger partial charge on any atom is 0.0456 e. The Bertz CT molecular complexity index is 416. The van der Waals surface area contributed by atoms with Crippen molar-refractivity contribution >= 4 is 10.9 Å². The fourth-order valence-corrected chi connectivity index (χ4v) is 1.72. The molecule has 2 nitrogen and oxygen atoms in total. The second kappa shape index (κ2) is 3.70. The van der Waals surface area contributed by atoms with Crippen molar-refractivity contribution in [1.29, 1.82) is 0 Å². The number of hydrogen-bond donors (Lipinski definition) is 2. The van der Waals surface area contributed by atoms with E-state index >= 15 is 0 Å². The van der Waals surface area contributed by atoms with Crippen LogP contribution >= 0.6 is 0 Å². The van der Waals surface area contributed by atoms with Gasteiger partial charge in [0, 0.05) is 16.7 Å². The first-order chi connectivity index (χ1) is 7.04. The van der Waals surface area contributed by atoms with E-state index in [4.69, 9.17) is 5.73 Å². The fraction of sp³-hybridized carbons (Fsp3) is 0.385. The molecule has 0 fully saturated rings. The largest absolute Gasteiger partial charge is 0.358 e. The predicted octanol–water partition coefficient (Wildman–Crippen LogP) is 2.84. The second-order valence-electron chi connectivity index (χ2n) is 4.87. The highest BCUT2D eigenvalue weighted by Crippen LogP contribution is 2.17. The minimum Gasteiger partial charge on any atom is -0.358 e. The maximum atomic E-state index is 5.96. The zero-order valence-corrected chi connectivity index (χ0v) is 9.38. The van der Waals surface area contributed by atoms with E-state index in [1.165, 1.54) is 16.6 Å². The third-order valence-corrected chi connectivity index (χ3v) is 2.62. The number of benzene rings is 1. The molecule has 0 spiro atoms. The highest BCUT2D eigenvalue weighted by Gasteiger charge is 2.11. The molecule has 1 aromatic carbocycles. The van der Waals surface area contributed by atoms with Crippen LogP contribution in [0.5, 0.6) is 0 Å². The van der Waals surface area contributed by atoms with Gasteiger partial charge in [0.05, 0.1) is 0 Å². The highest BCUT2D eigenvalue weighted by atomic mass is 14.7. The molecule has 1 aromatic heterocycles. The van der Waals surface area contributed by atoms with Gasteiger partial charge in [-0.05, 0) is 44.2 Å². The SMILES string of the molecule is CC(C)(N)CCc1cc2ccccc2[nH]1. The summed E-state index contributed by atoms with van der Waals surface area (Å²) in [5.41, 5.74) is 8.36. The van der Waals surface area contributed by atoms with Crippen molar-refractivity contribution < 1.29 is 0 Å². The van der Waals surface area contributed by atoms with Gasteiger partial charge in [0.2, 0.25) is 0 Å². The van der Waals surface area contributed by atoms with Crippen LogP contribution in [0.2, 0.25) is 0 Å². The Kier molecular flexibility index (Phi) is 2.53. The van der Waals surface area contributed by atoms with Crippen molar-refractivity contribution in [2.45, 2.75) is 32.2 Å². The summed E-state index contributed by atoms with van der Waals surface area (Å²) >= 11 is 0. The van der Waals surface area contributed by atoms with Crippen LogP contribution in [0.4, 0.5) is 0 Å². The number of aromatic nitrogens is 1. The summed E-state index contributed by atoms with van der Waals surface area (Å²) in [6, 6.07) is 10.6. The van der Waals surface area contributed by atoms with Crippen LogP contribution < -0.4 is 5.73 Å². The van der Waals surface area contributed by atoms with Crippen molar-refractivity contribution in [1.82, 2.24) is 4.98 Å². The molecular weight excluding hydrogens is 184 g/mol. The monoisotopic (exact) mass is 202 g/mol. The lowest BCUT2D eigenvalue weighted by molar-refractivity contribution is 0.475. The third-order valence-electron chi connectivity index (χ3n) is 2.62. The minimum absolute atomic E-state index is 0.0860. The summed E-state index contributed by atoms with van der Waals surface area (Å²) in [6.07, 6.45) is 2.01. The normalized spacial score (nSPS) is 12.2. The van der Waals surface area contributed by atoms with Crippen LogP contribution in [-0.4, -0.2) is 10.5 Å². The molecule has 3 N–H and O–H groups in total. The van der Waals surface area contributed by atoms with Gasteiger partial charge in [0.25, 0.3) is 0 Å². The molecule has 0 radical (unpaired) electrons. The number of H-pyrrole nitrogens is 1. The molecule has 2 rings (SSSR count). The Morgan fingerprint density at radius 3 is 2.67 bits per heavy atom. The Labute approximate surface area is 90.5 Å². The first-order valence-corrected chi connectivity index (χ1v) is 5.40. The summed E-state index contributed by atoms with van der Waals surface area (Å²) in [5, 5.41) is 1.28. The van der Waals surface area contributed by atoms with Crippen molar-refractivity contribution in [2.24, 2.45) is 5.73 Å². The van der Waals surface area contributed by atoms with E-state index in [0.717, 1.165) is 12.8 Å². The van der Waals surface area contributed by atoms with Crippen molar-refractivity contribution in [3.8, 4) is 0 Å². The molecule has 0 amide bonds. The molecule has 15 heavy (non-hydrogen) atoms. The third kappa shape index (κ3) is 2.60. The van der Waals surface area contributed by atoms with E-state index in [1.54, 1.807) is 0 Å². The van der Waals surface area contributed by atoms with E-state index in [1.807, 2.05) is 0 Å². The van der Waals surface area contributed by atoms with Crippen molar-refractivity contribution in [3.63, 3.8) is 0 Å². The molecule has 2 heteroatoms. The number of aryl methyl sites for hydroxylation is 1. The fourth-order valence-electron chi connectivity index (χ4n) is 1.72. The van der Waals surface area contributed by atoms with Gasteiger partial charge in [-0.15, -0.1) is 0 Å². The Morgan fingerprint density at radius 1 is 1.27 bits per heavy atom. The summed E-state index contributed by atoms with van der Waals surface area (Å²) in [6.45, 7) is 4.13. The van der Waals surface area contributed by atoms with Crippen molar-refractivity contribution in [3.05, 3.63) is 36.0 Å². The molecule has 0 saturated carbocycles. The van der Waals surface area contributed by atoms with E-state index in [-0.39, 0.29) is 5.54 Å². The topological polar surface area (TPSA) is 41.8 Å². The standard InChI is InChI=1S/C13H18N2/c1-13(2,14)8-7-11-9-10-5-3-4-6-12(10)15-11/h3-6,9,15H,7-8,14H2,1-2H3. The average Bonchev–Trinajstić information content (AvgIpc) is 2.56. The predicted molar refractivity (Wildman–Crippen MR) is 64.9 cm³/mol. The van der Waals surface area contributed by atoms with Gasteiger partial charge in [-0.1, -0.05) is 18.2 Å². The smallest absolute Gasteiger partial charge is 0.0456 e. The molecule has 0 bridgehead atoms. The number of aromatic amines is 1. The lowest BCUT2D eigenvalue weighted by Crippen LogP contribution is -2.32. The number of nitrogens with two attached hydrogens (primary N) is 1. The minimum atomic E-state index is -0.0860. The van der Waals surface area contributed by atoms with E-state index < -0.39 is 0 Å². The highest BCUT2D eigenvalue weighted by molar-refractivity contribution is 5.80. The maximum absolute atomic E-state index is 5.96. The van der Waals surface area contributed by atoms with E-state index in [2.05, 4.69) is 49.2 Å². The van der Waals surface area contributed by atoms with Crippen LogP contribution in [0.1, 0.15) is 26.0 Å². The summed E-state index contributed by atoms with van der Waals surface area (Å²) in [5.74, 6) is 0. The lowest BCUT2D eigenvalue weighted by Gasteiger charge is -2.17. The first kappa shape index (κ1) is 10.2. The number of para-hydroxylation sites is 1. The van der Waals surface area contributed by atoms with Gasteiger partial charge in [0.15, 0.2) is 0 Å². The van der Waals surface area contributed by atoms with Gasteiger partial charge in [-0.25, -0.2) is 0 Å². The molecule has 0 saturated heterocycles. The summed E-state index contributed by atoms with van der Waals surface area (Å²) in [7, 11) is 0. The molecule has 80 valence electrons. The van der Waals surface area contributed by atoms with Crippen LogP contribution in [0.15, 0.2) is 30.3 Å². The zero-order valence-electron chi connectivity index (χ0n) is 9.38. The van der Waals surface area contributed by atoms with Crippen LogP contribution in [0.25, 0.3) is 10.9 Å². The number of rotatable bonds is 3. The quantitative estimate of drug-likeness (QED) is 0.789. The molecule has 1 heterocycles. The molecule has 0 aliphatic rings. The molecular formula is C13H18N2. The van der Waals surface area contributed by atoms with Crippen molar-refractivity contribution in [2.75, 3.05) is 0 Å². The van der Waals surface area contributed by atoms with Crippen LogP contribution in [0.3, 0.4) is 0 Å². The van der Waals surface area contributed by atoms with E-state index in [0.29, 0.717) is 0 Å². The van der Waals surface area contributed by atoms with Gasteiger partial charge in [-0.3, -0.25) is 0 Å². The molecule has 0 atom stereocenters. The summed E-state index contributed by atoms with van der Waals surface area (Å²) < 4.78 is 0. The van der Waals surface area contributed by atoms with Crippen LogP contribution in [-0.2, 0) is 6.42 Å². The molecule has 0 unspecified atom stereocenters. The zero-order chi connectivity index (χ0) is 10.9. The molecule has 2 aromatic rings. The number of nitrogens with one attached hydrogen (secondary N) is 1. The van der Waals surface area contributed by atoms with Crippen LogP contribution in [0, 0.1) is 0 Å². The van der Waals surface area contributed by atoms with Gasteiger partial charge in [0.1, 0.15) is 0 Å². The first-order valence-electron chi connectivity index (χ1n) is 5.40. The number of hydrogen-bond acceptors (Lipinski definition) is 1. The lowest BCUT2D eigenvalue weighted by atomic mass is 9.99. The van der Waals surface area contributed by atoms with Gasteiger partial charge in [-0.2, -0.15) is 0 Å². The Morgan fingerprint density at radius 2 is 2.00 bits per heavy atom.